The number of hydrogen-bond acceptors (Lipinski definition) is 3. The third kappa shape index (κ3) is 5.15. The van der Waals surface area contributed by atoms with E-state index in [0.717, 1.165) is 77.7 Å². The molecule has 0 unspecified atom stereocenters. The Balaban J connectivity index is 1.14. The Morgan fingerprint density at radius 3 is 1.55 bits per heavy atom. The Bertz CT molecular complexity index is 2830. The van der Waals surface area contributed by atoms with Crippen LogP contribution in [0.5, 0.6) is 0 Å². The molecule has 0 aliphatic heterocycles. The molecule has 0 amide bonds. The predicted molar refractivity (Wildman–Crippen MR) is 212 cm³/mol. The molecule has 0 spiro atoms. The molecular weight excluding hydrogens is 621 g/mol. The zero-order valence-corrected chi connectivity index (χ0v) is 27.6. The topological polar surface area (TPSA) is 38.9 Å². The summed E-state index contributed by atoms with van der Waals surface area (Å²) in [6.07, 6.45) is 0. The van der Waals surface area contributed by atoms with Crippen LogP contribution < -0.4 is 0 Å². The second-order valence-corrected chi connectivity index (χ2v) is 13.0. The maximum atomic E-state index is 6.80. The van der Waals surface area contributed by atoms with Crippen LogP contribution in [0.3, 0.4) is 0 Å². The highest BCUT2D eigenvalue weighted by Gasteiger charge is 2.19. The van der Waals surface area contributed by atoms with Gasteiger partial charge in [-0.3, -0.25) is 0 Å². The van der Waals surface area contributed by atoms with E-state index in [2.05, 4.69) is 146 Å². The van der Waals surface area contributed by atoms with Crippen LogP contribution in [0.1, 0.15) is 0 Å². The third-order valence-electron chi connectivity index (χ3n) is 9.87. The lowest BCUT2D eigenvalue weighted by atomic mass is 9.93. The summed E-state index contributed by atoms with van der Waals surface area (Å²) in [6.45, 7) is 0. The Labute approximate surface area is 295 Å². The lowest BCUT2D eigenvalue weighted by molar-refractivity contribution is 0.670. The van der Waals surface area contributed by atoms with E-state index >= 15 is 0 Å². The van der Waals surface area contributed by atoms with Crippen LogP contribution >= 0.6 is 0 Å². The Hall–Kier alpha value is -6.84. The van der Waals surface area contributed by atoms with Crippen LogP contribution in [0.25, 0.3) is 99.6 Å². The normalized spacial score (nSPS) is 11.5. The summed E-state index contributed by atoms with van der Waals surface area (Å²) in [5.74, 6) is 0.693. The maximum absolute atomic E-state index is 6.80. The SMILES string of the molecule is c1ccc(-c2cc(-c3ccccc3)nc(-c3ccc(-c4ccc(-c5ccc6ccccc6c5)c5oc6cc7ccccc7cc6c45)cc3)n2)cc1. The Morgan fingerprint density at radius 2 is 0.882 bits per heavy atom. The average Bonchev–Trinajstić information content (AvgIpc) is 3.58. The van der Waals surface area contributed by atoms with Gasteiger partial charge in [0.05, 0.1) is 11.4 Å². The number of benzene rings is 8. The van der Waals surface area contributed by atoms with Crippen molar-refractivity contribution in [3.63, 3.8) is 0 Å². The molecule has 0 bridgehead atoms. The number of fused-ring (bicyclic) bond motifs is 5. The van der Waals surface area contributed by atoms with Gasteiger partial charge in [0.2, 0.25) is 0 Å². The first-order chi connectivity index (χ1) is 25.2. The van der Waals surface area contributed by atoms with Crippen LogP contribution in [0, 0.1) is 0 Å². The number of furan rings is 1. The van der Waals surface area contributed by atoms with Gasteiger partial charge in [0.1, 0.15) is 11.2 Å². The van der Waals surface area contributed by atoms with E-state index in [-0.39, 0.29) is 0 Å². The molecule has 0 saturated heterocycles. The first-order valence-corrected chi connectivity index (χ1v) is 17.2. The van der Waals surface area contributed by atoms with E-state index < -0.39 is 0 Å². The molecule has 0 saturated carbocycles. The molecule has 0 fully saturated rings. The smallest absolute Gasteiger partial charge is 0.160 e. The van der Waals surface area contributed by atoms with Gasteiger partial charge in [-0.2, -0.15) is 0 Å². The zero-order valence-electron chi connectivity index (χ0n) is 27.6. The summed E-state index contributed by atoms with van der Waals surface area (Å²) in [4.78, 5) is 10.1. The van der Waals surface area contributed by atoms with Crippen molar-refractivity contribution in [2.45, 2.75) is 0 Å². The largest absolute Gasteiger partial charge is 0.455 e. The predicted octanol–water partition coefficient (Wildman–Crippen LogP) is 13.0. The lowest BCUT2D eigenvalue weighted by Gasteiger charge is -2.11. The highest BCUT2D eigenvalue weighted by molar-refractivity contribution is 6.18. The van der Waals surface area contributed by atoms with Crippen molar-refractivity contribution in [1.29, 1.82) is 0 Å². The molecule has 3 heteroatoms. The van der Waals surface area contributed by atoms with E-state index in [1.807, 2.05) is 36.4 Å². The molecule has 0 N–H and O–H groups in total. The van der Waals surface area contributed by atoms with Crippen LogP contribution in [0.2, 0.25) is 0 Å². The summed E-state index contributed by atoms with van der Waals surface area (Å²) in [5, 5.41) is 7.00. The van der Waals surface area contributed by atoms with E-state index in [9.17, 15) is 0 Å². The number of nitrogens with zero attached hydrogens (tertiary/aromatic N) is 2. The number of aromatic nitrogens is 2. The van der Waals surface area contributed by atoms with Crippen molar-refractivity contribution >= 4 is 43.5 Å². The molecule has 8 aromatic carbocycles. The molecular formula is C48H30N2O. The molecule has 2 heterocycles. The number of hydrogen-bond donors (Lipinski definition) is 0. The van der Waals surface area contributed by atoms with Gasteiger partial charge in [-0.25, -0.2) is 9.97 Å². The molecule has 10 aromatic rings. The molecule has 238 valence electrons. The summed E-state index contributed by atoms with van der Waals surface area (Å²) >= 11 is 0. The van der Waals surface area contributed by atoms with Gasteiger partial charge in [-0.15, -0.1) is 0 Å². The van der Waals surface area contributed by atoms with Crippen LogP contribution in [-0.2, 0) is 0 Å². The van der Waals surface area contributed by atoms with E-state index in [1.54, 1.807) is 0 Å². The van der Waals surface area contributed by atoms with E-state index in [4.69, 9.17) is 14.4 Å². The minimum Gasteiger partial charge on any atom is -0.455 e. The van der Waals surface area contributed by atoms with Crippen molar-refractivity contribution < 1.29 is 4.42 Å². The van der Waals surface area contributed by atoms with Gasteiger partial charge in [-0.05, 0) is 68.6 Å². The molecule has 2 aromatic heterocycles. The van der Waals surface area contributed by atoms with Crippen molar-refractivity contribution in [2.24, 2.45) is 0 Å². The second kappa shape index (κ2) is 11.9. The molecule has 10 rings (SSSR count). The fourth-order valence-corrected chi connectivity index (χ4v) is 7.28. The minimum atomic E-state index is 0.693. The van der Waals surface area contributed by atoms with Gasteiger partial charge in [0.15, 0.2) is 5.82 Å². The van der Waals surface area contributed by atoms with Crippen LogP contribution in [-0.4, -0.2) is 9.97 Å². The average molecular weight is 651 g/mol. The molecule has 51 heavy (non-hydrogen) atoms. The fraction of sp³-hybridized carbons (Fsp3) is 0. The van der Waals surface area contributed by atoms with E-state index in [1.165, 1.54) is 16.2 Å². The highest BCUT2D eigenvalue weighted by atomic mass is 16.3. The first-order valence-electron chi connectivity index (χ1n) is 17.2. The molecule has 0 atom stereocenters. The quantitative estimate of drug-likeness (QED) is 0.186. The van der Waals surface area contributed by atoms with Crippen molar-refractivity contribution in [1.82, 2.24) is 9.97 Å². The summed E-state index contributed by atoms with van der Waals surface area (Å²) in [6, 6.07) is 63.8. The lowest BCUT2D eigenvalue weighted by Crippen LogP contribution is -1.96. The van der Waals surface area contributed by atoms with Gasteiger partial charge >= 0.3 is 0 Å². The summed E-state index contributed by atoms with van der Waals surface area (Å²) in [5.41, 5.74) is 11.1. The maximum Gasteiger partial charge on any atom is 0.160 e. The van der Waals surface area contributed by atoms with Gasteiger partial charge < -0.3 is 4.42 Å². The van der Waals surface area contributed by atoms with E-state index in [0.29, 0.717) is 5.82 Å². The summed E-state index contributed by atoms with van der Waals surface area (Å²) in [7, 11) is 0. The summed E-state index contributed by atoms with van der Waals surface area (Å²) < 4.78 is 6.80. The van der Waals surface area contributed by atoms with Gasteiger partial charge in [-0.1, -0.05) is 152 Å². The van der Waals surface area contributed by atoms with Crippen LogP contribution in [0.15, 0.2) is 186 Å². The van der Waals surface area contributed by atoms with Crippen LogP contribution in [0.4, 0.5) is 0 Å². The van der Waals surface area contributed by atoms with Crippen molar-refractivity contribution in [3.05, 3.63) is 182 Å². The Kier molecular flexibility index (Phi) is 6.81. The molecule has 0 radical (unpaired) electrons. The zero-order chi connectivity index (χ0) is 33.7. The standard InChI is InChI=1S/C48H30N2O/c1-3-12-33(13-4-1)43-30-44(34-14-5-2-6-15-34)50-48(49-43)35-22-20-32(21-23-35)40-25-26-41(39-24-19-31-11-7-8-16-36(31)27-39)47-46(40)42-28-37-17-9-10-18-38(37)29-45(42)51-47/h1-30H. The first kappa shape index (κ1) is 29.1. The monoisotopic (exact) mass is 650 g/mol. The fourth-order valence-electron chi connectivity index (χ4n) is 7.28. The second-order valence-electron chi connectivity index (χ2n) is 13.0. The van der Waals surface area contributed by atoms with Crippen molar-refractivity contribution in [2.75, 3.05) is 0 Å². The van der Waals surface area contributed by atoms with Crippen molar-refractivity contribution in [3.8, 4) is 56.2 Å². The third-order valence-corrected chi connectivity index (χ3v) is 9.87. The Morgan fingerprint density at radius 1 is 0.353 bits per heavy atom. The molecule has 0 aliphatic carbocycles. The molecule has 3 nitrogen and oxygen atoms in total. The highest BCUT2D eigenvalue weighted by Crippen LogP contribution is 2.43. The molecule has 0 aliphatic rings. The number of rotatable bonds is 5. The minimum absolute atomic E-state index is 0.693. The van der Waals surface area contributed by atoms with Gasteiger partial charge in [0.25, 0.3) is 0 Å². The van der Waals surface area contributed by atoms with Gasteiger partial charge in [0, 0.05) is 33.0 Å².